The molecule has 0 bridgehead atoms. The molecule has 0 aliphatic rings. The Bertz CT molecular complexity index is 666. The third-order valence-corrected chi connectivity index (χ3v) is 4.12. The number of hydrogen-bond donors (Lipinski definition) is 2. The fourth-order valence-corrected chi connectivity index (χ4v) is 2.74. The van der Waals surface area contributed by atoms with Crippen LogP contribution in [-0.4, -0.2) is 27.2 Å². The summed E-state index contributed by atoms with van der Waals surface area (Å²) in [5, 5.41) is 4.34. The average molecular weight is 292 g/mol. The molecule has 2 rings (SSSR count). The summed E-state index contributed by atoms with van der Waals surface area (Å²) < 4.78 is 11.1. The highest BCUT2D eigenvalue weighted by atomic mass is 32.2. The average Bonchev–Trinajstić information content (AvgIpc) is 2.42. The second-order valence-electron chi connectivity index (χ2n) is 5.06. The molecule has 0 saturated heterocycles. The van der Waals surface area contributed by atoms with Gasteiger partial charge in [-0.25, -0.2) is 0 Å². The maximum absolute atomic E-state index is 12.0. The molecule has 4 nitrogen and oxygen atoms in total. The van der Waals surface area contributed by atoms with Gasteiger partial charge >= 0.3 is 0 Å². The van der Waals surface area contributed by atoms with Gasteiger partial charge in [-0.2, -0.15) is 0 Å². The summed E-state index contributed by atoms with van der Waals surface area (Å²) in [6.07, 6.45) is 2.55. The van der Waals surface area contributed by atoms with Gasteiger partial charge in [0.2, 0.25) is 0 Å². The lowest BCUT2D eigenvalue weighted by Gasteiger charge is -2.13. The zero-order valence-electron chi connectivity index (χ0n) is 11.8. The summed E-state index contributed by atoms with van der Waals surface area (Å²) in [6.45, 7) is 2.57. The molecule has 0 aliphatic carbocycles. The molecule has 0 fully saturated rings. The summed E-state index contributed by atoms with van der Waals surface area (Å²) in [5.41, 5.74) is 1.53. The highest BCUT2D eigenvalue weighted by Gasteiger charge is 2.06. The van der Waals surface area contributed by atoms with Crippen molar-refractivity contribution in [3.63, 3.8) is 0 Å². The van der Waals surface area contributed by atoms with Gasteiger partial charge in [-0.3, -0.25) is 9.00 Å². The molecule has 2 N–H and O–H groups in total. The van der Waals surface area contributed by atoms with E-state index in [0.717, 1.165) is 22.9 Å². The standard InChI is InChI=1S/C15H20N2O2S/c1-11(7-8-20(2)19)16-10-13-9-12-5-3-4-6-14(12)17-15(13)18/h3-6,9,11,16H,7-8,10H2,1-2H3,(H,17,18). The molecule has 0 aliphatic heterocycles. The van der Waals surface area contributed by atoms with Crippen molar-refractivity contribution in [3.05, 3.63) is 46.2 Å². The van der Waals surface area contributed by atoms with Crippen LogP contribution in [0.4, 0.5) is 0 Å². The van der Waals surface area contributed by atoms with Gasteiger partial charge in [0.15, 0.2) is 0 Å². The summed E-state index contributed by atoms with van der Waals surface area (Å²) >= 11 is 0. The highest BCUT2D eigenvalue weighted by Crippen LogP contribution is 2.10. The summed E-state index contributed by atoms with van der Waals surface area (Å²) in [4.78, 5) is 14.9. The first-order valence-corrected chi connectivity index (χ1v) is 8.43. The monoisotopic (exact) mass is 292 g/mol. The van der Waals surface area contributed by atoms with E-state index in [1.54, 1.807) is 6.26 Å². The van der Waals surface area contributed by atoms with Crippen LogP contribution in [0.5, 0.6) is 0 Å². The maximum Gasteiger partial charge on any atom is 0.252 e. The zero-order chi connectivity index (χ0) is 14.5. The first-order chi connectivity index (χ1) is 9.56. The molecule has 0 radical (unpaired) electrons. The molecule has 1 aromatic carbocycles. The van der Waals surface area contributed by atoms with Gasteiger partial charge in [0.05, 0.1) is 0 Å². The number of aromatic amines is 1. The number of hydrogen-bond acceptors (Lipinski definition) is 3. The Hall–Kier alpha value is -1.46. The molecule has 0 amide bonds. The SMILES string of the molecule is CC(CCS(C)=O)NCc1cc2ccccc2[nH]c1=O. The lowest BCUT2D eigenvalue weighted by molar-refractivity contribution is 0.533. The van der Waals surface area contributed by atoms with E-state index in [2.05, 4.69) is 10.3 Å². The van der Waals surface area contributed by atoms with Crippen LogP contribution in [0.1, 0.15) is 18.9 Å². The molecule has 2 unspecified atom stereocenters. The first kappa shape index (κ1) is 14.9. The minimum absolute atomic E-state index is 0.0533. The Balaban J connectivity index is 2.04. The number of H-pyrrole nitrogens is 1. The molecule has 0 saturated carbocycles. The van der Waals surface area contributed by atoms with Crippen molar-refractivity contribution >= 4 is 21.7 Å². The fourth-order valence-electron chi connectivity index (χ4n) is 2.05. The Morgan fingerprint density at radius 2 is 2.10 bits per heavy atom. The van der Waals surface area contributed by atoms with Crippen molar-refractivity contribution < 1.29 is 4.21 Å². The number of fused-ring (bicyclic) bond motifs is 1. The van der Waals surface area contributed by atoms with Gasteiger partial charge in [-0.15, -0.1) is 0 Å². The zero-order valence-corrected chi connectivity index (χ0v) is 12.6. The van der Waals surface area contributed by atoms with Gasteiger partial charge in [0.25, 0.3) is 5.56 Å². The highest BCUT2D eigenvalue weighted by molar-refractivity contribution is 7.84. The predicted molar refractivity (Wildman–Crippen MR) is 84.4 cm³/mol. The first-order valence-electron chi connectivity index (χ1n) is 6.70. The molecule has 108 valence electrons. The van der Waals surface area contributed by atoms with Gasteiger partial charge < -0.3 is 10.3 Å². The van der Waals surface area contributed by atoms with Crippen LogP contribution in [0.15, 0.2) is 35.1 Å². The molecule has 1 heterocycles. The lowest BCUT2D eigenvalue weighted by Crippen LogP contribution is -2.29. The number of nitrogens with one attached hydrogen (secondary N) is 2. The third-order valence-electron chi connectivity index (χ3n) is 3.31. The van der Waals surface area contributed by atoms with Gasteiger partial charge in [0.1, 0.15) is 0 Å². The van der Waals surface area contributed by atoms with Crippen molar-refractivity contribution in [1.82, 2.24) is 10.3 Å². The molecule has 5 heteroatoms. The number of rotatable bonds is 6. The van der Waals surface area contributed by atoms with E-state index < -0.39 is 10.8 Å². The fraction of sp³-hybridized carbons (Fsp3) is 0.400. The van der Waals surface area contributed by atoms with Gasteiger partial charge in [-0.05, 0) is 30.9 Å². The molecule has 20 heavy (non-hydrogen) atoms. The summed E-state index contributed by atoms with van der Waals surface area (Å²) in [6, 6.07) is 9.90. The van der Waals surface area contributed by atoms with E-state index in [4.69, 9.17) is 0 Å². The molecule has 2 atom stereocenters. The van der Waals surface area contributed by atoms with Crippen molar-refractivity contribution in [2.75, 3.05) is 12.0 Å². The second kappa shape index (κ2) is 6.81. The Kier molecular flexibility index (Phi) is 5.09. The number of pyridine rings is 1. The molecule has 1 aromatic heterocycles. The van der Waals surface area contributed by atoms with E-state index in [0.29, 0.717) is 12.3 Å². The number of benzene rings is 1. The molecule has 0 spiro atoms. The van der Waals surface area contributed by atoms with E-state index in [1.165, 1.54) is 0 Å². The van der Waals surface area contributed by atoms with Crippen molar-refractivity contribution in [3.8, 4) is 0 Å². The largest absolute Gasteiger partial charge is 0.322 e. The van der Waals surface area contributed by atoms with E-state index >= 15 is 0 Å². The predicted octanol–water partition coefficient (Wildman–Crippen LogP) is 1.77. The molecular weight excluding hydrogens is 272 g/mol. The van der Waals surface area contributed by atoms with Crippen molar-refractivity contribution in [1.29, 1.82) is 0 Å². The van der Waals surface area contributed by atoms with Crippen LogP contribution in [0.25, 0.3) is 10.9 Å². The van der Waals surface area contributed by atoms with Crippen LogP contribution in [-0.2, 0) is 17.3 Å². The molecule has 2 aromatic rings. The summed E-state index contributed by atoms with van der Waals surface area (Å²) in [5.74, 6) is 0.683. The Morgan fingerprint density at radius 1 is 1.35 bits per heavy atom. The van der Waals surface area contributed by atoms with Gasteiger partial charge in [-0.1, -0.05) is 18.2 Å². The van der Waals surface area contributed by atoms with Crippen molar-refractivity contribution in [2.24, 2.45) is 0 Å². The van der Waals surface area contributed by atoms with Gasteiger partial charge in [0, 0.05) is 46.5 Å². The number of aromatic nitrogens is 1. The van der Waals surface area contributed by atoms with E-state index in [-0.39, 0.29) is 11.6 Å². The van der Waals surface area contributed by atoms with Crippen molar-refractivity contribution in [2.45, 2.75) is 25.9 Å². The minimum Gasteiger partial charge on any atom is -0.322 e. The Morgan fingerprint density at radius 3 is 2.85 bits per heavy atom. The normalized spacial score (nSPS) is 14.3. The summed E-state index contributed by atoms with van der Waals surface area (Å²) in [7, 11) is -0.765. The lowest BCUT2D eigenvalue weighted by atomic mass is 10.1. The number of para-hydroxylation sites is 1. The van der Waals surface area contributed by atoms with Crippen LogP contribution < -0.4 is 10.9 Å². The third kappa shape index (κ3) is 4.02. The second-order valence-corrected chi connectivity index (χ2v) is 6.61. The molecular formula is C15H20N2O2S. The Labute approximate surface area is 121 Å². The van der Waals surface area contributed by atoms with Crippen LogP contribution in [0.3, 0.4) is 0 Å². The smallest absolute Gasteiger partial charge is 0.252 e. The van der Waals surface area contributed by atoms with Crippen LogP contribution in [0, 0.1) is 0 Å². The quantitative estimate of drug-likeness (QED) is 0.853. The van der Waals surface area contributed by atoms with E-state index in [9.17, 15) is 9.00 Å². The van der Waals surface area contributed by atoms with Crippen LogP contribution >= 0.6 is 0 Å². The van der Waals surface area contributed by atoms with E-state index in [1.807, 2.05) is 37.3 Å². The topological polar surface area (TPSA) is 62.0 Å². The minimum atomic E-state index is -0.765. The van der Waals surface area contributed by atoms with Crippen LogP contribution in [0.2, 0.25) is 0 Å². The maximum atomic E-state index is 12.0.